The van der Waals surface area contributed by atoms with E-state index in [4.69, 9.17) is 4.74 Å². The van der Waals surface area contributed by atoms with Gasteiger partial charge in [0.15, 0.2) is 0 Å². The Morgan fingerprint density at radius 1 is 1.10 bits per heavy atom. The summed E-state index contributed by atoms with van der Waals surface area (Å²) < 4.78 is 5.99. The van der Waals surface area contributed by atoms with Crippen LogP contribution in [0.4, 0.5) is 5.82 Å². The number of hydrogen-bond donors (Lipinski definition) is 1. The first kappa shape index (κ1) is 15.4. The summed E-state index contributed by atoms with van der Waals surface area (Å²) in [6, 6.07) is 14.2. The van der Waals surface area contributed by atoms with Crippen molar-refractivity contribution in [2.24, 2.45) is 0 Å². The monoisotopic (exact) mass is 284 g/mol. The van der Waals surface area contributed by atoms with Gasteiger partial charge in [-0.2, -0.15) is 0 Å². The molecule has 0 amide bonds. The first-order valence-corrected chi connectivity index (χ1v) is 7.66. The van der Waals surface area contributed by atoms with Crippen LogP contribution in [0.25, 0.3) is 0 Å². The van der Waals surface area contributed by atoms with Gasteiger partial charge in [0.05, 0.1) is 5.69 Å². The van der Waals surface area contributed by atoms with Gasteiger partial charge in [-0.1, -0.05) is 38.1 Å². The molecule has 2 rings (SSSR count). The van der Waals surface area contributed by atoms with Crippen molar-refractivity contribution in [2.75, 3.05) is 11.9 Å². The largest absolute Gasteiger partial charge is 0.487 e. The number of ether oxygens (including phenoxy) is 1. The van der Waals surface area contributed by atoms with E-state index in [-0.39, 0.29) is 0 Å². The molecule has 3 nitrogen and oxygen atoms in total. The number of hydrogen-bond acceptors (Lipinski definition) is 3. The van der Waals surface area contributed by atoms with E-state index in [0.29, 0.717) is 12.5 Å². The van der Waals surface area contributed by atoms with E-state index in [9.17, 15) is 0 Å². The minimum atomic E-state index is 0.493. The first-order chi connectivity index (χ1) is 10.2. The molecular weight excluding hydrogens is 260 g/mol. The molecule has 3 heteroatoms. The van der Waals surface area contributed by atoms with E-state index in [1.54, 1.807) is 0 Å². The maximum absolute atomic E-state index is 5.99. The summed E-state index contributed by atoms with van der Waals surface area (Å²) >= 11 is 0. The quantitative estimate of drug-likeness (QED) is 0.806. The van der Waals surface area contributed by atoms with E-state index in [2.05, 4.69) is 43.2 Å². The van der Waals surface area contributed by atoms with Crippen LogP contribution in [0.15, 0.2) is 42.5 Å². The Hall–Kier alpha value is -2.03. The Morgan fingerprint density at radius 2 is 1.90 bits per heavy atom. The van der Waals surface area contributed by atoms with Gasteiger partial charge in [-0.25, -0.2) is 4.98 Å². The SMILES string of the molecule is CCNc1cccc(COc2ccccc2C(C)CC)n1. The summed E-state index contributed by atoms with van der Waals surface area (Å²) in [5, 5.41) is 3.22. The van der Waals surface area contributed by atoms with Crippen molar-refractivity contribution in [1.29, 1.82) is 0 Å². The molecule has 0 saturated heterocycles. The smallest absolute Gasteiger partial charge is 0.130 e. The fourth-order valence-corrected chi connectivity index (χ4v) is 2.23. The third kappa shape index (κ3) is 4.22. The number of benzene rings is 1. The highest BCUT2D eigenvalue weighted by atomic mass is 16.5. The van der Waals surface area contributed by atoms with Gasteiger partial charge in [0.1, 0.15) is 18.2 Å². The normalized spacial score (nSPS) is 12.0. The molecule has 0 aliphatic heterocycles. The molecule has 1 aromatic carbocycles. The molecule has 1 heterocycles. The van der Waals surface area contributed by atoms with Crippen LogP contribution in [-0.2, 0) is 6.61 Å². The molecule has 2 aromatic rings. The van der Waals surface area contributed by atoms with E-state index < -0.39 is 0 Å². The summed E-state index contributed by atoms with van der Waals surface area (Å²) in [5.74, 6) is 2.36. The Labute approximate surface area is 127 Å². The second-order valence-corrected chi connectivity index (χ2v) is 5.18. The number of anilines is 1. The summed E-state index contributed by atoms with van der Waals surface area (Å²) in [4.78, 5) is 4.54. The zero-order valence-electron chi connectivity index (χ0n) is 13.1. The fraction of sp³-hybridized carbons (Fsp3) is 0.389. The van der Waals surface area contributed by atoms with E-state index in [1.807, 2.05) is 30.3 Å². The first-order valence-electron chi connectivity index (χ1n) is 7.66. The molecule has 1 aromatic heterocycles. The van der Waals surface area contributed by atoms with Crippen molar-refractivity contribution >= 4 is 5.82 Å². The maximum Gasteiger partial charge on any atom is 0.130 e. The predicted molar refractivity (Wildman–Crippen MR) is 87.9 cm³/mol. The van der Waals surface area contributed by atoms with Crippen LogP contribution in [-0.4, -0.2) is 11.5 Å². The molecule has 1 atom stereocenters. The van der Waals surface area contributed by atoms with Crippen molar-refractivity contribution in [3.05, 3.63) is 53.7 Å². The number of pyridine rings is 1. The average molecular weight is 284 g/mol. The Morgan fingerprint density at radius 3 is 2.67 bits per heavy atom. The van der Waals surface area contributed by atoms with Gasteiger partial charge in [-0.05, 0) is 43.0 Å². The zero-order valence-corrected chi connectivity index (χ0v) is 13.1. The fourth-order valence-electron chi connectivity index (χ4n) is 2.23. The van der Waals surface area contributed by atoms with Gasteiger partial charge < -0.3 is 10.1 Å². The maximum atomic E-state index is 5.99. The lowest BCUT2D eigenvalue weighted by molar-refractivity contribution is 0.296. The lowest BCUT2D eigenvalue weighted by Crippen LogP contribution is -2.05. The van der Waals surface area contributed by atoms with Gasteiger partial charge in [-0.15, -0.1) is 0 Å². The molecule has 1 unspecified atom stereocenters. The van der Waals surface area contributed by atoms with E-state index >= 15 is 0 Å². The minimum absolute atomic E-state index is 0.493. The molecule has 112 valence electrons. The van der Waals surface area contributed by atoms with Gasteiger partial charge in [0, 0.05) is 6.54 Å². The van der Waals surface area contributed by atoms with Gasteiger partial charge in [0.2, 0.25) is 0 Å². The molecule has 0 aliphatic rings. The van der Waals surface area contributed by atoms with Crippen LogP contribution in [0.3, 0.4) is 0 Å². The predicted octanol–water partition coefficient (Wildman–Crippen LogP) is 4.61. The van der Waals surface area contributed by atoms with Crippen LogP contribution >= 0.6 is 0 Å². The molecule has 21 heavy (non-hydrogen) atoms. The molecular formula is C18H24N2O. The van der Waals surface area contributed by atoms with Gasteiger partial charge >= 0.3 is 0 Å². The van der Waals surface area contributed by atoms with Crippen LogP contribution in [0.2, 0.25) is 0 Å². The number of aromatic nitrogens is 1. The summed E-state index contributed by atoms with van der Waals surface area (Å²) in [6.45, 7) is 7.85. The van der Waals surface area contributed by atoms with Crippen LogP contribution in [0, 0.1) is 0 Å². The number of nitrogens with zero attached hydrogens (tertiary/aromatic N) is 1. The zero-order chi connectivity index (χ0) is 15.1. The number of rotatable bonds is 7. The Bertz CT molecular complexity index is 569. The van der Waals surface area contributed by atoms with E-state index in [1.165, 1.54) is 5.56 Å². The molecule has 0 spiro atoms. The third-order valence-corrected chi connectivity index (χ3v) is 3.60. The van der Waals surface area contributed by atoms with Crippen LogP contribution < -0.4 is 10.1 Å². The third-order valence-electron chi connectivity index (χ3n) is 3.60. The van der Waals surface area contributed by atoms with Crippen molar-refractivity contribution in [2.45, 2.75) is 39.7 Å². The number of para-hydroxylation sites is 1. The summed E-state index contributed by atoms with van der Waals surface area (Å²) in [5.41, 5.74) is 2.20. The lowest BCUT2D eigenvalue weighted by Gasteiger charge is -2.15. The highest BCUT2D eigenvalue weighted by Crippen LogP contribution is 2.28. The van der Waals surface area contributed by atoms with Crippen LogP contribution in [0.1, 0.15) is 44.4 Å². The molecule has 0 saturated carbocycles. The average Bonchev–Trinajstić information content (AvgIpc) is 2.53. The highest BCUT2D eigenvalue weighted by molar-refractivity contribution is 5.37. The molecule has 1 N–H and O–H groups in total. The van der Waals surface area contributed by atoms with Crippen molar-refractivity contribution in [3.63, 3.8) is 0 Å². The van der Waals surface area contributed by atoms with Crippen molar-refractivity contribution < 1.29 is 4.74 Å². The second kappa shape index (κ2) is 7.67. The second-order valence-electron chi connectivity index (χ2n) is 5.18. The molecule has 0 radical (unpaired) electrons. The summed E-state index contributed by atoms with van der Waals surface area (Å²) in [6.07, 6.45) is 1.11. The number of nitrogens with one attached hydrogen (secondary N) is 1. The van der Waals surface area contributed by atoms with Gasteiger partial charge in [0.25, 0.3) is 0 Å². The Balaban J connectivity index is 2.08. The van der Waals surface area contributed by atoms with Crippen LogP contribution in [0.5, 0.6) is 5.75 Å². The van der Waals surface area contributed by atoms with Crippen molar-refractivity contribution in [1.82, 2.24) is 4.98 Å². The topological polar surface area (TPSA) is 34.1 Å². The molecule has 0 bridgehead atoms. The standard InChI is InChI=1S/C18H24N2O/c1-4-14(3)16-10-6-7-11-17(16)21-13-15-9-8-12-18(20-15)19-5-2/h6-12,14H,4-5,13H2,1-3H3,(H,19,20). The minimum Gasteiger partial charge on any atom is -0.487 e. The van der Waals surface area contributed by atoms with E-state index in [0.717, 1.165) is 30.2 Å². The lowest BCUT2D eigenvalue weighted by atomic mass is 9.98. The van der Waals surface area contributed by atoms with Crippen molar-refractivity contribution in [3.8, 4) is 5.75 Å². The molecule has 0 aliphatic carbocycles. The van der Waals surface area contributed by atoms with Gasteiger partial charge in [-0.3, -0.25) is 0 Å². The highest BCUT2D eigenvalue weighted by Gasteiger charge is 2.09. The Kier molecular flexibility index (Phi) is 5.61. The molecule has 0 fully saturated rings. The summed E-state index contributed by atoms with van der Waals surface area (Å²) in [7, 11) is 0.